The first-order valence-electron chi connectivity index (χ1n) is 14.0. The quantitative estimate of drug-likeness (QED) is 0.380. The van der Waals surface area contributed by atoms with Gasteiger partial charge in [0.2, 0.25) is 6.79 Å². The second-order valence-electron chi connectivity index (χ2n) is 11.1. The highest BCUT2D eigenvalue weighted by molar-refractivity contribution is 5.66. The maximum atomic E-state index is 10.7. The third-order valence-electron chi connectivity index (χ3n) is 9.14. The van der Waals surface area contributed by atoms with Gasteiger partial charge in [-0.15, -0.1) is 0 Å². The summed E-state index contributed by atoms with van der Waals surface area (Å²) in [7, 11) is 5.38. The number of piperazine rings is 1. The van der Waals surface area contributed by atoms with Crippen LogP contribution in [0.1, 0.15) is 45.5 Å². The standard InChI is InChI=1S/C31H38N4O6/c1-7-8-38-28-17(3)29-31(41-15-40-29)25-19(28)11-21-26-24-18(9-16(2)27(37-6)30(24)39-14-36-5)10-20(34(26)4)22(12-32)35(21)23(25)13-33/h7,9,20-23,26H,1,8,10-11,13-15,33H2,2-6H3/t20-,21?,22?,23+,26-/m1/s1. The number of rotatable bonds is 8. The van der Waals surface area contributed by atoms with Crippen molar-refractivity contribution in [1.29, 1.82) is 5.26 Å². The molecule has 2 aromatic rings. The van der Waals surface area contributed by atoms with Crippen LogP contribution in [-0.2, 0) is 17.6 Å². The van der Waals surface area contributed by atoms with Gasteiger partial charge in [0.15, 0.2) is 29.8 Å². The van der Waals surface area contributed by atoms with E-state index in [1.807, 2.05) is 13.8 Å². The lowest BCUT2D eigenvalue weighted by Crippen LogP contribution is -2.68. The molecular formula is C31H38N4O6. The molecular weight excluding hydrogens is 524 g/mol. The maximum absolute atomic E-state index is 10.7. The van der Waals surface area contributed by atoms with E-state index >= 15 is 0 Å². The number of nitriles is 1. The monoisotopic (exact) mass is 562 g/mol. The zero-order valence-corrected chi connectivity index (χ0v) is 24.4. The minimum absolute atomic E-state index is 0.0421. The third kappa shape index (κ3) is 3.98. The van der Waals surface area contributed by atoms with Gasteiger partial charge in [-0.1, -0.05) is 18.7 Å². The molecule has 2 unspecified atom stereocenters. The maximum Gasteiger partial charge on any atom is 0.231 e. The second kappa shape index (κ2) is 10.7. The average molecular weight is 563 g/mol. The Kier molecular flexibility index (Phi) is 7.24. The van der Waals surface area contributed by atoms with Crippen molar-refractivity contribution in [3.05, 3.63) is 52.1 Å². The first-order chi connectivity index (χ1) is 19.9. The topological polar surface area (TPSA) is 112 Å². The minimum atomic E-state index is -0.390. The van der Waals surface area contributed by atoms with Gasteiger partial charge >= 0.3 is 0 Å². The zero-order valence-electron chi connectivity index (χ0n) is 24.4. The molecule has 2 bridgehead atoms. The van der Waals surface area contributed by atoms with Crippen molar-refractivity contribution in [3.63, 3.8) is 0 Å². The highest BCUT2D eigenvalue weighted by Crippen LogP contribution is 2.58. The van der Waals surface area contributed by atoms with Crippen molar-refractivity contribution in [3.8, 4) is 34.8 Å². The number of likely N-dealkylation sites (N-methyl/N-ethyl adjacent to an activating group) is 1. The fourth-order valence-corrected chi connectivity index (χ4v) is 7.64. The molecule has 4 aliphatic heterocycles. The molecule has 1 saturated heterocycles. The van der Waals surface area contributed by atoms with E-state index in [0.717, 1.165) is 33.6 Å². The lowest BCUT2D eigenvalue weighted by Gasteiger charge is -2.60. The Bertz CT molecular complexity index is 1420. The summed E-state index contributed by atoms with van der Waals surface area (Å²) in [6.07, 6.45) is 3.05. The van der Waals surface area contributed by atoms with Crippen molar-refractivity contribution in [1.82, 2.24) is 9.80 Å². The van der Waals surface area contributed by atoms with Gasteiger partial charge in [0.05, 0.1) is 25.3 Å². The molecule has 4 heterocycles. The van der Waals surface area contributed by atoms with E-state index in [9.17, 15) is 5.26 Å². The molecule has 2 N–H and O–H groups in total. The van der Waals surface area contributed by atoms with E-state index in [1.54, 1.807) is 20.3 Å². The van der Waals surface area contributed by atoms with Gasteiger partial charge in [-0.25, -0.2) is 0 Å². The SMILES string of the molecule is C=CCOc1c(C)c2c(c3c1CC1[C@@H]4c5c(cc(C)c(OC)c5OCOC)C[C@H](C(C#N)N1[C@H]3CN)N4C)OCO2. The molecule has 10 heteroatoms. The lowest BCUT2D eigenvalue weighted by atomic mass is 9.71. The molecule has 0 spiro atoms. The van der Waals surface area contributed by atoms with E-state index in [2.05, 4.69) is 35.6 Å². The van der Waals surface area contributed by atoms with Crippen LogP contribution < -0.4 is 29.4 Å². The second-order valence-corrected chi connectivity index (χ2v) is 11.1. The first-order valence-corrected chi connectivity index (χ1v) is 14.0. The number of benzene rings is 2. The Morgan fingerprint density at radius 3 is 2.56 bits per heavy atom. The summed E-state index contributed by atoms with van der Waals surface area (Å²) < 4.78 is 35.8. The number of nitrogens with two attached hydrogens (primary N) is 1. The smallest absolute Gasteiger partial charge is 0.231 e. The van der Waals surface area contributed by atoms with Crippen LogP contribution in [0.4, 0.5) is 0 Å². The van der Waals surface area contributed by atoms with Gasteiger partial charge in [-0.2, -0.15) is 5.26 Å². The molecule has 5 atom stereocenters. The van der Waals surface area contributed by atoms with Crippen LogP contribution in [0.3, 0.4) is 0 Å². The van der Waals surface area contributed by atoms with Gasteiger partial charge < -0.3 is 34.2 Å². The molecule has 0 amide bonds. The van der Waals surface area contributed by atoms with E-state index in [-0.39, 0.29) is 37.8 Å². The summed E-state index contributed by atoms with van der Waals surface area (Å²) in [6, 6.07) is 3.94. The van der Waals surface area contributed by atoms with E-state index in [0.29, 0.717) is 49.0 Å². The number of hydrogen-bond acceptors (Lipinski definition) is 10. The first kappa shape index (κ1) is 27.7. The molecule has 41 heavy (non-hydrogen) atoms. The van der Waals surface area contributed by atoms with Crippen LogP contribution in [0.25, 0.3) is 0 Å². The van der Waals surface area contributed by atoms with Crippen LogP contribution >= 0.6 is 0 Å². The van der Waals surface area contributed by atoms with Crippen molar-refractivity contribution >= 4 is 0 Å². The number of methoxy groups -OCH3 is 2. The molecule has 1 fully saturated rings. The Morgan fingerprint density at radius 2 is 1.88 bits per heavy atom. The molecule has 2 aromatic carbocycles. The number of nitrogens with zero attached hydrogens (tertiary/aromatic N) is 3. The van der Waals surface area contributed by atoms with E-state index in [1.165, 1.54) is 5.56 Å². The van der Waals surface area contributed by atoms with Crippen LogP contribution in [-0.4, -0.2) is 75.9 Å². The number of fused-ring (bicyclic) bond motifs is 9. The summed E-state index contributed by atoms with van der Waals surface area (Å²) in [4.78, 5) is 4.66. The Morgan fingerprint density at radius 1 is 1.10 bits per heavy atom. The van der Waals surface area contributed by atoms with E-state index < -0.39 is 6.04 Å². The highest BCUT2D eigenvalue weighted by atomic mass is 16.7. The molecule has 0 saturated carbocycles. The summed E-state index contributed by atoms with van der Waals surface area (Å²) in [5.41, 5.74) is 12.7. The minimum Gasteiger partial charge on any atom is -0.493 e. The van der Waals surface area contributed by atoms with Crippen LogP contribution in [0.2, 0.25) is 0 Å². The number of ether oxygens (including phenoxy) is 6. The largest absolute Gasteiger partial charge is 0.493 e. The zero-order chi connectivity index (χ0) is 29.0. The normalized spacial score (nSPS) is 25.9. The predicted molar refractivity (Wildman–Crippen MR) is 152 cm³/mol. The fraction of sp³-hybridized carbons (Fsp3) is 0.516. The van der Waals surface area contributed by atoms with Gasteiger partial charge in [0.25, 0.3) is 0 Å². The van der Waals surface area contributed by atoms with E-state index in [4.69, 9.17) is 34.2 Å². The van der Waals surface area contributed by atoms with Crippen LogP contribution in [0.5, 0.6) is 28.7 Å². The van der Waals surface area contributed by atoms with Crippen molar-refractivity contribution < 1.29 is 28.4 Å². The summed E-state index contributed by atoms with van der Waals surface area (Å²) >= 11 is 0. The van der Waals surface area contributed by atoms with Crippen molar-refractivity contribution in [2.45, 2.75) is 56.9 Å². The summed E-state index contributed by atoms with van der Waals surface area (Å²) in [5.74, 6) is 3.55. The molecule has 6 rings (SSSR count). The molecule has 0 aliphatic carbocycles. The van der Waals surface area contributed by atoms with Gasteiger partial charge in [0, 0.05) is 48.0 Å². The van der Waals surface area contributed by atoms with Gasteiger partial charge in [-0.3, -0.25) is 9.80 Å². The third-order valence-corrected chi connectivity index (χ3v) is 9.14. The Balaban J connectivity index is 1.60. The van der Waals surface area contributed by atoms with Crippen LogP contribution in [0.15, 0.2) is 18.7 Å². The molecule has 4 aliphatic rings. The lowest BCUT2D eigenvalue weighted by molar-refractivity contribution is -0.0719. The fourth-order valence-electron chi connectivity index (χ4n) is 7.64. The summed E-state index contributed by atoms with van der Waals surface area (Å²) in [6.45, 7) is 8.77. The average Bonchev–Trinajstić information content (AvgIpc) is 3.46. The molecule has 218 valence electrons. The highest BCUT2D eigenvalue weighted by Gasteiger charge is 2.56. The van der Waals surface area contributed by atoms with Crippen LogP contribution in [0, 0.1) is 25.2 Å². The molecule has 0 aromatic heterocycles. The molecule has 10 nitrogen and oxygen atoms in total. The number of hydrogen-bond donors (Lipinski definition) is 1. The Labute approximate surface area is 241 Å². The van der Waals surface area contributed by atoms with Crippen molar-refractivity contribution in [2.24, 2.45) is 5.73 Å². The Hall–Kier alpha value is -3.49. The van der Waals surface area contributed by atoms with Gasteiger partial charge in [-0.05, 0) is 44.9 Å². The summed E-state index contributed by atoms with van der Waals surface area (Å²) in [5, 5.41) is 10.7. The van der Waals surface area contributed by atoms with Crippen molar-refractivity contribution in [2.75, 3.05) is 48.0 Å². The predicted octanol–water partition coefficient (Wildman–Crippen LogP) is 3.32. The van der Waals surface area contributed by atoms with Gasteiger partial charge in [0.1, 0.15) is 18.4 Å². The molecule has 0 radical (unpaired) electrons. The number of aryl methyl sites for hydroxylation is 1.